The molecule has 1 aromatic carbocycles. The number of nitrogens with one attached hydrogen (secondary N) is 1. The standard InChI is InChI=1S/C11H12N4O3S/c1-17-6-3-7(9(12)8(4-6)18-2)10(16)14-11-15-13-5-19-11/h3-5H,12H2,1-2H3,(H,14,15,16). The van der Waals surface area contributed by atoms with Crippen molar-refractivity contribution in [1.82, 2.24) is 10.2 Å². The minimum Gasteiger partial charge on any atom is -0.497 e. The first-order valence-corrected chi connectivity index (χ1v) is 6.12. The van der Waals surface area contributed by atoms with Crippen LogP contribution in [0.3, 0.4) is 0 Å². The van der Waals surface area contributed by atoms with Crippen molar-refractivity contribution in [2.24, 2.45) is 0 Å². The summed E-state index contributed by atoms with van der Waals surface area (Å²) in [5.74, 6) is 0.460. The average molecular weight is 280 g/mol. The van der Waals surface area contributed by atoms with Crippen LogP contribution in [0.15, 0.2) is 17.6 Å². The molecule has 0 radical (unpaired) electrons. The van der Waals surface area contributed by atoms with Gasteiger partial charge in [0.25, 0.3) is 5.91 Å². The molecule has 2 aromatic rings. The van der Waals surface area contributed by atoms with Gasteiger partial charge >= 0.3 is 0 Å². The van der Waals surface area contributed by atoms with Crippen LogP contribution in [-0.2, 0) is 0 Å². The molecule has 1 heterocycles. The van der Waals surface area contributed by atoms with Crippen molar-refractivity contribution in [2.45, 2.75) is 0 Å². The monoisotopic (exact) mass is 280 g/mol. The third kappa shape index (κ3) is 2.74. The van der Waals surface area contributed by atoms with Gasteiger partial charge in [-0.1, -0.05) is 11.3 Å². The van der Waals surface area contributed by atoms with Gasteiger partial charge in [-0.2, -0.15) is 0 Å². The number of nitrogen functional groups attached to an aromatic ring is 1. The van der Waals surface area contributed by atoms with Crippen LogP contribution in [-0.4, -0.2) is 30.3 Å². The van der Waals surface area contributed by atoms with Gasteiger partial charge in [-0.05, 0) is 6.07 Å². The molecule has 7 nitrogen and oxygen atoms in total. The molecule has 19 heavy (non-hydrogen) atoms. The quantitative estimate of drug-likeness (QED) is 0.821. The number of rotatable bonds is 4. The number of hydrogen-bond donors (Lipinski definition) is 2. The molecule has 0 fully saturated rings. The van der Waals surface area contributed by atoms with E-state index in [1.807, 2.05) is 0 Å². The Morgan fingerprint density at radius 3 is 2.74 bits per heavy atom. The Morgan fingerprint density at radius 2 is 2.16 bits per heavy atom. The third-order valence-corrected chi connectivity index (χ3v) is 3.00. The second-order valence-corrected chi connectivity index (χ2v) is 4.32. The zero-order valence-corrected chi connectivity index (χ0v) is 11.2. The summed E-state index contributed by atoms with van der Waals surface area (Å²) in [4.78, 5) is 12.1. The first kappa shape index (κ1) is 13.1. The lowest BCUT2D eigenvalue weighted by molar-refractivity contribution is 0.102. The van der Waals surface area contributed by atoms with Gasteiger partial charge < -0.3 is 15.2 Å². The second-order valence-electron chi connectivity index (χ2n) is 3.49. The lowest BCUT2D eigenvalue weighted by Gasteiger charge is -2.11. The molecule has 1 aromatic heterocycles. The molecular weight excluding hydrogens is 268 g/mol. The van der Waals surface area contributed by atoms with E-state index in [0.717, 1.165) is 0 Å². The molecule has 1 amide bonds. The Morgan fingerprint density at radius 1 is 1.37 bits per heavy atom. The van der Waals surface area contributed by atoms with Gasteiger partial charge in [-0.15, -0.1) is 10.2 Å². The van der Waals surface area contributed by atoms with Crippen LogP contribution >= 0.6 is 11.3 Å². The summed E-state index contributed by atoms with van der Waals surface area (Å²) in [7, 11) is 2.97. The Hall–Kier alpha value is -2.35. The number of ether oxygens (including phenoxy) is 2. The number of carbonyl (C=O) groups is 1. The van der Waals surface area contributed by atoms with Gasteiger partial charge in [0.2, 0.25) is 5.13 Å². The molecule has 2 rings (SSSR count). The fourth-order valence-electron chi connectivity index (χ4n) is 1.47. The number of nitrogens with two attached hydrogens (primary N) is 1. The van der Waals surface area contributed by atoms with Gasteiger partial charge in [0.1, 0.15) is 17.0 Å². The minimum absolute atomic E-state index is 0.241. The fraction of sp³-hybridized carbons (Fsp3) is 0.182. The predicted octanol–water partition coefficient (Wildman–Crippen LogP) is 1.39. The van der Waals surface area contributed by atoms with E-state index < -0.39 is 5.91 Å². The van der Waals surface area contributed by atoms with Crippen molar-refractivity contribution in [1.29, 1.82) is 0 Å². The summed E-state index contributed by atoms with van der Waals surface area (Å²) in [6.07, 6.45) is 0. The zero-order valence-electron chi connectivity index (χ0n) is 10.3. The summed E-state index contributed by atoms with van der Waals surface area (Å²) in [6.45, 7) is 0. The molecule has 0 unspecified atom stereocenters. The smallest absolute Gasteiger partial charge is 0.259 e. The summed E-state index contributed by atoms with van der Waals surface area (Å²) in [5.41, 5.74) is 7.89. The highest BCUT2D eigenvalue weighted by atomic mass is 32.1. The van der Waals surface area contributed by atoms with Crippen LogP contribution in [0.1, 0.15) is 10.4 Å². The van der Waals surface area contributed by atoms with Crippen LogP contribution < -0.4 is 20.5 Å². The summed E-state index contributed by atoms with van der Waals surface area (Å²) in [6, 6.07) is 3.14. The highest BCUT2D eigenvalue weighted by Gasteiger charge is 2.17. The summed E-state index contributed by atoms with van der Waals surface area (Å²) < 4.78 is 10.2. The van der Waals surface area contributed by atoms with Gasteiger partial charge in [0, 0.05) is 6.07 Å². The average Bonchev–Trinajstić information content (AvgIpc) is 2.91. The van der Waals surface area contributed by atoms with Gasteiger partial charge in [-0.25, -0.2) is 0 Å². The first-order valence-electron chi connectivity index (χ1n) is 5.24. The zero-order chi connectivity index (χ0) is 13.8. The molecular formula is C11H12N4O3S. The maximum absolute atomic E-state index is 12.1. The van der Waals surface area contributed by atoms with E-state index in [4.69, 9.17) is 15.2 Å². The number of methoxy groups -OCH3 is 2. The summed E-state index contributed by atoms with van der Waals surface area (Å²) >= 11 is 1.21. The van der Waals surface area contributed by atoms with E-state index in [1.54, 1.807) is 6.07 Å². The van der Waals surface area contributed by atoms with Crippen molar-refractivity contribution < 1.29 is 14.3 Å². The molecule has 0 saturated heterocycles. The van der Waals surface area contributed by atoms with Gasteiger partial charge in [-0.3, -0.25) is 10.1 Å². The Kier molecular flexibility index (Phi) is 3.81. The molecule has 0 atom stereocenters. The van der Waals surface area contributed by atoms with E-state index in [1.165, 1.54) is 37.1 Å². The molecule has 0 bridgehead atoms. The maximum atomic E-state index is 12.1. The van der Waals surface area contributed by atoms with Crippen LogP contribution in [0.5, 0.6) is 11.5 Å². The number of hydrogen-bond acceptors (Lipinski definition) is 7. The number of anilines is 2. The van der Waals surface area contributed by atoms with E-state index in [0.29, 0.717) is 16.6 Å². The molecule has 0 aliphatic heterocycles. The van der Waals surface area contributed by atoms with Crippen LogP contribution in [0.25, 0.3) is 0 Å². The second kappa shape index (κ2) is 5.53. The lowest BCUT2D eigenvalue weighted by atomic mass is 10.1. The Balaban J connectivity index is 2.35. The predicted molar refractivity (Wildman–Crippen MR) is 71.8 cm³/mol. The molecule has 0 aliphatic carbocycles. The number of amides is 1. The largest absolute Gasteiger partial charge is 0.497 e. The van der Waals surface area contributed by atoms with Crippen molar-refractivity contribution >= 4 is 28.1 Å². The number of nitrogens with zero attached hydrogens (tertiary/aromatic N) is 2. The van der Waals surface area contributed by atoms with Crippen molar-refractivity contribution in [3.05, 3.63) is 23.2 Å². The SMILES string of the molecule is COc1cc(OC)c(N)c(C(=O)Nc2nncs2)c1. The molecule has 100 valence electrons. The van der Waals surface area contributed by atoms with Crippen LogP contribution in [0.4, 0.5) is 10.8 Å². The van der Waals surface area contributed by atoms with E-state index in [2.05, 4.69) is 15.5 Å². The van der Waals surface area contributed by atoms with E-state index in [-0.39, 0.29) is 11.3 Å². The normalized spacial score (nSPS) is 10.0. The molecule has 3 N–H and O–H groups in total. The van der Waals surface area contributed by atoms with Crippen molar-refractivity contribution in [3.63, 3.8) is 0 Å². The number of aromatic nitrogens is 2. The van der Waals surface area contributed by atoms with Crippen LogP contribution in [0, 0.1) is 0 Å². The third-order valence-electron chi connectivity index (χ3n) is 2.40. The Bertz CT molecular complexity index is 586. The van der Waals surface area contributed by atoms with E-state index >= 15 is 0 Å². The summed E-state index contributed by atoms with van der Waals surface area (Å²) in [5, 5.41) is 10.4. The topological polar surface area (TPSA) is 99.4 Å². The number of carbonyl (C=O) groups excluding carboxylic acids is 1. The maximum Gasteiger partial charge on any atom is 0.259 e. The fourth-order valence-corrected chi connectivity index (χ4v) is 1.91. The van der Waals surface area contributed by atoms with Crippen LogP contribution in [0.2, 0.25) is 0 Å². The van der Waals surface area contributed by atoms with Gasteiger partial charge in [0.05, 0.1) is 25.5 Å². The highest BCUT2D eigenvalue weighted by Crippen LogP contribution is 2.31. The molecule has 0 saturated carbocycles. The lowest BCUT2D eigenvalue weighted by Crippen LogP contribution is -2.14. The van der Waals surface area contributed by atoms with Crippen molar-refractivity contribution in [3.8, 4) is 11.5 Å². The van der Waals surface area contributed by atoms with Gasteiger partial charge in [0.15, 0.2) is 0 Å². The first-order chi connectivity index (χ1) is 9.15. The van der Waals surface area contributed by atoms with Crippen molar-refractivity contribution in [2.75, 3.05) is 25.3 Å². The Labute approximate surface area is 113 Å². The highest BCUT2D eigenvalue weighted by molar-refractivity contribution is 7.13. The minimum atomic E-state index is -0.397. The molecule has 8 heteroatoms. The van der Waals surface area contributed by atoms with E-state index in [9.17, 15) is 4.79 Å². The molecule has 0 aliphatic rings. The number of benzene rings is 1. The molecule has 0 spiro atoms.